The van der Waals surface area contributed by atoms with Gasteiger partial charge in [0.25, 0.3) is 0 Å². The van der Waals surface area contributed by atoms with Gasteiger partial charge in [0.15, 0.2) is 0 Å². The van der Waals surface area contributed by atoms with Gasteiger partial charge in [0.2, 0.25) is 0 Å². The normalized spacial score (nSPS) is 18.8. The molecule has 0 bridgehead atoms. The van der Waals surface area contributed by atoms with Gasteiger partial charge in [-0.25, -0.2) is 0 Å². The highest BCUT2D eigenvalue weighted by atomic mass is 32.1. The third kappa shape index (κ3) is 2.85. The summed E-state index contributed by atoms with van der Waals surface area (Å²) in [6.07, 6.45) is 4.99. The Balaban J connectivity index is 1.45. The van der Waals surface area contributed by atoms with Gasteiger partial charge in [-0.05, 0) is 40.9 Å². The zero-order chi connectivity index (χ0) is 14.8. The number of nitrogens with one attached hydrogen (secondary N) is 1. The fraction of sp³-hybridized carbons (Fsp3) is 0.278. The van der Waals surface area contributed by atoms with Crippen LogP contribution in [0.3, 0.4) is 0 Å². The van der Waals surface area contributed by atoms with Gasteiger partial charge in [-0.2, -0.15) is 11.3 Å². The molecule has 1 fully saturated rings. The number of pyridine rings is 1. The molecular weight excluding hydrogens is 290 g/mol. The number of thiophene rings is 1. The highest BCUT2D eigenvalue weighted by Gasteiger charge is 2.22. The van der Waals surface area contributed by atoms with Crippen LogP contribution in [0.25, 0.3) is 10.8 Å². The number of likely N-dealkylation sites (tertiary alicyclic amines) is 1. The van der Waals surface area contributed by atoms with E-state index in [9.17, 15) is 0 Å². The third-order valence-electron chi connectivity index (χ3n) is 4.30. The van der Waals surface area contributed by atoms with Crippen LogP contribution in [-0.2, 0) is 6.54 Å². The molecular formula is C18H19N3S. The van der Waals surface area contributed by atoms with Crippen LogP contribution >= 0.6 is 11.3 Å². The number of hydrogen-bond donors (Lipinski definition) is 1. The quantitative estimate of drug-likeness (QED) is 0.790. The lowest BCUT2D eigenvalue weighted by molar-refractivity contribution is 0.329. The predicted molar refractivity (Wildman–Crippen MR) is 93.4 cm³/mol. The Hall–Kier alpha value is -1.91. The van der Waals surface area contributed by atoms with Crippen molar-refractivity contribution < 1.29 is 0 Å². The standard InChI is InChI=1S/C18H19N3S/c1-2-15-10-19-7-4-17(15)18(3-1)20-16-5-8-21(12-16)11-14-6-9-22-13-14/h1-4,6-7,9-10,13,16,20H,5,8,11-12H2. The number of nitrogens with zero attached hydrogens (tertiary/aromatic N) is 2. The topological polar surface area (TPSA) is 28.2 Å². The average molecular weight is 309 g/mol. The van der Waals surface area contributed by atoms with E-state index in [0.717, 1.165) is 13.1 Å². The maximum atomic E-state index is 4.20. The fourth-order valence-electron chi connectivity index (χ4n) is 3.20. The summed E-state index contributed by atoms with van der Waals surface area (Å²) in [5.74, 6) is 0. The first-order valence-electron chi connectivity index (χ1n) is 7.71. The van der Waals surface area contributed by atoms with Crippen LogP contribution in [0.4, 0.5) is 5.69 Å². The van der Waals surface area contributed by atoms with Gasteiger partial charge in [0, 0.05) is 54.5 Å². The predicted octanol–water partition coefficient (Wildman–Crippen LogP) is 3.98. The van der Waals surface area contributed by atoms with Crippen LogP contribution in [0, 0.1) is 0 Å². The number of hydrogen-bond acceptors (Lipinski definition) is 4. The molecule has 2 aromatic heterocycles. The molecule has 0 spiro atoms. The lowest BCUT2D eigenvalue weighted by Gasteiger charge is -2.18. The molecule has 1 aliphatic rings. The first kappa shape index (κ1) is 13.7. The zero-order valence-electron chi connectivity index (χ0n) is 12.4. The van der Waals surface area contributed by atoms with Crippen LogP contribution in [-0.4, -0.2) is 29.0 Å². The van der Waals surface area contributed by atoms with E-state index in [4.69, 9.17) is 0 Å². The molecule has 3 aromatic rings. The Kier molecular flexibility index (Phi) is 3.79. The second kappa shape index (κ2) is 6.07. The van der Waals surface area contributed by atoms with E-state index in [-0.39, 0.29) is 0 Å². The Bertz CT molecular complexity index is 749. The maximum Gasteiger partial charge on any atom is 0.0423 e. The minimum atomic E-state index is 0.525. The molecule has 22 heavy (non-hydrogen) atoms. The Labute approximate surface area is 134 Å². The van der Waals surface area contributed by atoms with Crippen LogP contribution < -0.4 is 5.32 Å². The fourth-order valence-corrected chi connectivity index (χ4v) is 3.86. The number of fused-ring (bicyclic) bond motifs is 1. The van der Waals surface area contributed by atoms with E-state index >= 15 is 0 Å². The van der Waals surface area contributed by atoms with E-state index in [1.165, 1.54) is 35.0 Å². The summed E-state index contributed by atoms with van der Waals surface area (Å²) in [5, 5.41) is 10.6. The van der Waals surface area contributed by atoms with E-state index in [2.05, 4.69) is 56.3 Å². The molecule has 1 aliphatic heterocycles. The van der Waals surface area contributed by atoms with Crippen LogP contribution in [0.1, 0.15) is 12.0 Å². The minimum absolute atomic E-state index is 0.525. The molecule has 0 amide bonds. The van der Waals surface area contributed by atoms with E-state index in [1.807, 2.05) is 12.4 Å². The van der Waals surface area contributed by atoms with E-state index in [0.29, 0.717) is 6.04 Å². The van der Waals surface area contributed by atoms with Crippen molar-refractivity contribution in [2.75, 3.05) is 18.4 Å². The van der Waals surface area contributed by atoms with Crippen molar-refractivity contribution in [3.63, 3.8) is 0 Å². The summed E-state index contributed by atoms with van der Waals surface area (Å²) in [5.41, 5.74) is 2.66. The molecule has 0 radical (unpaired) electrons. The number of benzene rings is 1. The van der Waals surface area contributed by atoms with Gasteiger partial charge >= 0.3 is 0 Å². The monoisotopic (exact) mass is 309 g/mol. The minimum Gasteiger partial charge on any atom is -0.380 e. The largest absolute Gasteiger partial charge is 0.380 e. The van der Waals surface area contributed by atoms with Crippen molar-refractivity contribution in [3.8, 4) is 0 Å². The van der Waals surface area contributed by atoms with Crippen molar-refractivity contribution in [3.05, 3.63) is 59.0 Å². The van der Waals surface area contributed by atoms with Gasteiger partial charge in [-0.15, -0.1) is 0 Å². The van der Waals surface area contributed by atoms with Crippen molar-refractivity contribution in [1.82, 2.24) is 9.88 Å². The Morgan fingerprint density at radius 1 is 1.27 bits per heavy atom. The molecule has 4 heteroatoms. The lowest BCUT2D eigenvalue weighted by atomic mass is 10.1. The van der Waals surface area contributed by atoms with Crippen molar-refractivity contribution in [2.45, 2.75) is 19.0 Å². The summed E-state index contributed by atoms with van der Waals surface area (Å²) in [7, 11) is 0. The van der Waals surface area contributed by atoms with Gasteiger partial charge in [0.1, 0.15) is 0 Å². The van der Waals surface area contributed by atoms with Crippen LogP contribution in [0.2, 0.25) is 0 Å². The highest BCUT2D eigenvalue weighted by molar-refractivity contribution is 7.07. The summed E-state index contributed by atoms with van der Waals surface area (Å²) < 4.78 is 0. The van der Waals surface area contributed by atoms with E-state index in [1.54, 1.807) is 11.3 Å². The molecule has 1 N–H and O–H groups in total. The Morgan fingerprint density at radius 2 is 2.27 bits per heavy atom. The van der Waals surface area contributed by atoms with Gasteiger partial charge in [-0.1, -0.05) is 12.1 Å². The van der Waals surface area contributed by atoms with Gasteiger partial charge in [0.05, 0.1) is 0 Å². The summed E-state index contributed by atoms with van der Waals surface area (Å²) in [6, 6.07) is 11.2. The van der Waals surface area contributed by atoms with Gasteiger partial charge < -0.3 is 5.32 Å². The van der Waals surface area contributed by atoms with E-state index < -0.39 is 0 Å². The maximum absolute atomic E-state index is 4.20. The number of aromatic nitrogens is 1. The second-order valence-corrected chi connectivity index (χ2v) is 6.68. The third-order valence-corrected chi connectivity index (χ3v) is 5.03. The first-order valence-corrected chi connectivity index (χ1v) is 8.65. The molecule has 1 atom stereocenters. The summed E-state index contributed by atoms with van der Waals surface area (Å²) in [4.78, 5) is 6.74. The molecule has 3 nitrogen and oxygen atoms in total. The molecule has 1 saturated heterocycles. The van der Waals surface area contributed by atoms with Crippen molar-refractivity contribution >= 4 is 27.8 Å². The molecule has 3 heterocycles. The molecule has 0 saturated carbocycles. The van der Waals surface area contributed by atoms with Crippen LogP contribution in [0.5, 0.6) is 0 Å². The second-order valence-electron chi connectivity index (χ2n) is 5.90. The average Bonchev–Trinajstić information content (AvgIpc) is 3.20. The molecule has 1 aromatic carbocycles. The zero-order valence-corrected chi connectivity index (χ0v) is 13.2. The first-order chi connectivity index (χ1) is 10.9. The highest BCUT2D eigenvalue weighted by Crippen LogP contribution is 2.25. The molecule has 4 rings (SSSR count). The molecule has 112 valence electrons. The number of anilines is 1. The van der Waals surface area contributed by atoms with Crippen LogP contribution in [0.15, 0.2) is 53.5 Å². The van der Waals surface area contributed by atoms with Gasteiger partial charge in [-0.3, -0.25) is 9.88 Å². The SMILES string of the molecule is c1cc(NC2CCN(Cc3ccsc3)C2)c2ccncc2c1. The summed E-state index contributed by atoms with van der Waals surface area (Å²) >= 11 is 1.78. The molecule has 1 unspecified atom stereocenters. The summed E-state index contributed by atoms with van der Waals surface area (Å²) in [6.45, 7) is 3.35. The Morgan fingerprint density at radius 3 is 3.18 bits per heavy atom. The van der Waals surface area contributed by atoms with Crippen molar-refractivity contribution in [2.24, 2.45) is 0 Å². The number of rotatable bonds is 4. The lowest BCUT2D eigenvalue weighted by Crippen LogP contribution is -2.25. The molecule has 0 aliphatic carbocycles. The smallest absolute Gasteiger partial charge is 0.0423 e. The van der Waals surface area contributed by atoms with Crippen molar-refractivity contribution in [1.29, 1.82) is 0 Å².